The molecule has 0 spiro atoms. The summed E-state index contributed by atoms with van der Waals surface area (Å²) in [6, 6.07) is 8.48. The summed E-state index contributed by atoms with van der Waals surface area (Å²) >= 11 is 3.55. The number of hydrogen-bond acceptors (Lipinski definition) is 3. The average Bonchev–Trinajstić information content (AvgIpc) is 2.69. The molecule has 0 saturated carbocycles. The summed E-state index contributed by atoms with van der Waals surface area (Å²) in [5.41, 5.74) is 7.28. The molecule has 1 unspecified atom stereocenters. The van der Waals surface area contributed by atoms with Gasteiger partial charge < -0.3 is 10.6 Å². The van der Waals surface area contributed by atoms with E-state index in [1.807, 2.05) is 0 Å². The molecule has 18 heavy (non-hydrogen) atoms. The Morgan fingerprint density at radius 2 is 2.22 bits per heavy atom. The predicted octanol–water partition coefficient (Wildman–Crippen LogP) is 3.09. The fraction of sp³-hybridized carbons (Fsp3) is 0.500. The minimum absolute atomic E-state index is 0.0656. The van der Waals surface area contributed by atoms with Gasteiger partial charge in [-0.15, -0.1) is 0 Å². The van der Waals surface area contributed by atoms with Crippen LogP contribution in [-0.4, -0.2) is 23.9 Å². The van der Waals surface area contributed by atoms with Gasteiger partial charge in [0.2, 0.25) is 0 Å². The maximum Gasteiger partial charge on any atom is 0.192 e. The van der Waals surface area contributed by atoms with Crippen molar-refractivity contribution in [3.8, 4) is 0 Å². The number of nitrogens with zero attached hydrogens (tertiary/aromatic N) is 2. The topological polar surface area (TPSA) is 41.6 Å². The number of benzene rings is 1. The van der Waals surface area contributed by atoms with Crippen molar-refractivity contribution in [1.82, 2.24) is 4.90 Å². The predicted molar refractivity (Wildman–Crippen MR) is 79.6 cm³/mol. The summed E-state index contributed by atoms with van der Waals surface area (Å²) in [5.74, 6) is 0.679. The second kappa shape index (κ2) is 5.31. The molecule has 0 fully saturated rings. The molecule has 0 aromatic heterocycles. The highest BCUT2D eigenvalue weighted by Crippen LogP contribution is 2.37. The summed E-state index contributed by atoms with van der Waals surface area (Å²) < 4.78 is 1.11. The lowest BCUT2D eigenvalue weighted by Gasteiger charge is -2.39. The number of halogens is 1. The lowest BCUT2D eigenvalue weighted by molar-refractivity contribution is 0.194. The molecule has 0 amide bonds. The van der Waals surface area contributed by atoms with Gasteiger partial charge in [-0.3, -0.25) is 4.99 Å². The quantitative estimate of drug-likeness (QED) is 0.928. The molecule has 98 valence electrons. The Hall–Kier alpha value is -1.03. The highest BCUT2D eigenvalue weighted by molar-refractivity contribution is 9.10. The smallest absolute Gasteiger partial charge is 0.192 e. The zero-order chi connectivity index (χ0) is 13.2. The van der Waals surface area contributed by atoms with Crippen molar-refractivity contribution < 1.29 is 0 Å². The third-order valence-corrected chi connectivity index (χ3v) is 4.18. The third kappa shape index (κ3) is 2.14. The number of aliphatic imine (C=N–C) groups is 1. The molecular formula is C14H20BrN3. The van der Waals surface area contributed by atoms with Gasteiger partial charge in [-0.1, -0.05) is 41.9 Å². The van der Waals surface area contributed by atoms with Gasteiger partial charge in [0.05, 0.1) is 12.1 Å². The summed E-state index contributed by atoms with van der Waals surface area (Å²) in [6.45, 7) is 6.09. The van der Waals surface area contributed by atoms with Crippen LogP contribution in [0.4, 0.5) is 0 Å². The Balaban J connectivity index is 2.42. The van der Waals surface area contributed by atoms with E-state index < -0.39 is 0 Å². The second-order valence-electron chi connectivity index (χ2n) is 4.72. The maximum atomic E-state index is 6.06. The van der Waals surface area contributed by atoms with Crippen LogP contribution in [-0.2, 0) is 5.54 Å². The first-order valence-electron chi connectivity index (χ1n) is 6.47. The normalized spacial score (nSPS) is 23.3. The van der Waals surface area contributed by atoms with Crippen LogP contribution in [0.25, 0.3) is 0 Å². The SMILES string of the molecule is CCCN1C(N)=NCC1(CC)c1cccc(Br)c1. The molecule has 0 aliphatic carbocycles. The van der Waals surface area contributed by atoms with Crippen molar-refractivity contribution in [2.75, 3.05) is 13.1 Å². The van der Waals surface area contributed by atoms with Gasteiger partial charge in [-0.25, -0.2) is 0 Å². The Bertz CT molecular complexity index is 458. The number of guanidine groups is 1. The van der Waals surface area contributed by atoms with Gasteiger partial charge in [0.15, 0.2) is 5.96 Å². The zero-order valence-electron chi connectivity index (χ0n) is 11.0. The molecule has 1 aliphatic rings. The summed E-state index contributed by atoms with van der Waals surface area (Å²) in [7, 11) is 0. The largest absolute Gasteiger partial charge is 0.370 e. The van der Waals surface area contributed by atoms with E-state index in [2.05, 4.69) is 63.9 Å². The number of rotatable bonds is 4. The van der Waals surface area contributed by atoms with Crippen molar-refractivity contribution in [1.29, 1.82) is 0 Å². The first kappa shape index (κ1) is 13.4. The van der Waals surface area contributed by atoms with E-state index in [0.717, 1.165) is 30.4 Å². The Labute approximate surface area is 117 Å². The summed E-state index contributed by atoms with van der Waals surface area (Å²) in [6.07, 6.45) is 2.08. The zero-order valence-corrected chi connectivity index (χ0v) is 12.6. The van der Waals surface area contributed by atoms with E-state index in [9.17, 15) is 0 Å². The Morgan fingerprint density at radius 1 is 1.44 bits per heavy atom. The van der Waals surface area contributed by atoms with Crippen molar-refractivity contribution >= 4 is 21.9 Å². The fourth-order valence-electron chi connectivity index (χ4n) is 2.69. The maximum absolute atomic E-state index is 6.06. The monoisotopic (exact) mass is 309 g/mol. The summed E-state index contributed by atoms with van der Waals surface area (Å²) in [5, 5.41) is 0. The molecule has 1 aromatic rings. The van der Waals surface area contributed by atoms with Crippen LogP contribution in [0.15, 0.2) is 33.7 Å². The van der Waals surface area contributed by atoms with E-state index in [-0.39, 0.29) is 5.54 Å². The van der Waals surface area contributed by atoms with Crippen molar-refractivity contribution in [2.24, 2.45) is 10.7 Å². The van der Waals surface area contributed by atoms with E-state index in [1.54, 1.807) is 0 Å². The van der Waals surface area contributed by atoms with Gasteiger partial charge in [0.1, 0.15) is 0 Å². The molecule has 4 heteroatoms. The minimum Gasteiger partial charge on any atom is -0.370 e. The lowest BCUT2D eigenvalue weighted by Crippen LogP contribution is -2.49. The van der Waals surface area contributed by atoms with Gasteiger partial charge in [-0.2, -0.15) is 0 Å². The second-order valence-corrected chi connectivity index (χ2v) is 5.64. The number of hydrogen-bond donors (Lipinski definition) is 1. The van der Waals surface area contributed by atoms with E-state index >= 15 is 0 Å². The van der Waals surface area contributed by atoms with Gasteiger partial charge >= 0.3 is 0 Å². The van der Waals surface area contributed by atoms with Gasteiger partial charge in [0.25, 0.3) is 0 Å². The van der Waals surface area contributed by atoms with Crippen LogP contribution < -0.4 is 5.73 Å². The standard InChI is InChI=1S/C14H20BrN3/c1-3-8-18-13(16)17-10-14(18,4-2)11-6-5-7-12(15)9-11/h5-7,9H,3-4,8,10H2,1-2H3,(H2,16,17). The Kier molecular flexibility index (Phi) is 3.95. The van der Waals surface area contributed by atoms with E-state index in [0.29, 0.717) is 5.96 Å². The average molecular weight is 310 g/mol. The molecule has 2 rings (SSSR count). The Morgan fingerprint density at radius 3 is 2.83 bits per heavy atom. The van der Waals surface area contributed by atoms with E-state index in [1.165, 1.54) is 5.56 Å². The highest BCUT2D eigenvalue weighted by Gasteiger charge is 2.41. The first-order valence-corrected chi connectivity index (χ1v) is 7.27. The van der Waals surface area contributed by atoms with E-state index in [4.69, 9.17) is 5.73 Å². The van der Waals surface area contributed by atoms with Gasteiger partial charge in [0, 0.05) is 11.0 Å². The molecule has 1 atom stereocenters. The van der Waals surface area contributed by atoms with Crippen LogP contribution in [0.1, 0.15) is 32.3 Å². The fourth-order valence-corrected chi connectivity index (χ4v) is 3.09. The van der Waals surface area contributed by atoms with Crippen LogP contribution in [0.5, 0.6) is 0 Å². The van der Waals surface area contributed by atoms with Crippen molar-refractivity contribution in [3.05, 3.63) is 34.3 Å². The molecule has 0 radical (unpaired) electrons. The molecule has 1 aliphatic heterocycles. The minimum atomic E-state index is -0.0656. The molecule has 1 heterocycles. The van der Waals surface area contributed by atoms with Crippen LogP contribution in [0.2, 0.25) is 0 Å². The molecule has 3 nitrogen and oxygen atoms in total. The van der Waals surface area contributed by atoms with Crippen molar-refractivity contribution in [3.63, 3.8) is 0 Å². The van der Waals surface area contributed by atoms with Crippen LogP contribution in [0, 0.1) is 0 Å². The molecule has 0 bridgehead atoms. The van der Waals surface area contributed by atoms with Crippen molar-refractivity contribution in [2.45, 2.75) is 32.2 Å². The summed E-state index contributed by atoms with van der Waals surface area (Å²) in [4.78, 5) is 6.73. The highest BCUT2D eigenvalue weighted by atomic mass is 79.9. The third-order valence-electron chi connectivity index (χ3n) is 3.69. The molecule has 1 aromatic carbocycles. The molecular weight excluding hydrogens is 290 g/mol. The number of nitrogens with two attached hydrogens (primary N) is 1. The van der Waals surface area contributed by atoms with Crippen LogP contribution >= 0.6 is 15.9 Å². The first-order chi connectivity index (χ1) is 8.64. The molecule has 2 N–H and O–H groups in total. The lowest BCUT2D eigenvalue weighted by atomic mass is 9.86. The molecule has 0 saturated heterocycles. The van der Waals surface area contributed by atoms with Gasteiger partial charge in [-0.05, 0) is 30.5 Å². The van der Waals surface area contributed by atoms with Crippen LogP contribution in [0.3, 0.4) is 0 Å².